The van der Waals surface area contributed by atoms with Crippen molar-refractivity contribution in [2.24, 2.45) is 5.92 Å². The molecule has 0 aliphatic carbocycles. The van der Waals surface area contributed by atoms with Crippen LogP contribution in [0, 0.1) is 26.7 Å². The van der Waals surface area contributed by atoms with Crippen molar-refractivity contribution < 1.29 is 15.3 Å². The van der Waals surface area contributed by atoms with Crippen LogP contribution in [0.1, 0.15) is 132 Å². The Morgan fingerprint density at radius 3 is 1.30 bits per heavy atom. The molecule has 40 heavy (non-hydrogen) atoms. The first-order chi connectivity index (χ1) is 18.2. The molecule has 0 heterocycles. The van der Waals surface area contributed by atoms with Gasteiger partial charge >= 0.3 is 0 Å². The van der Waals surface area contributed by atoms with E-state index in [4.69, 9.17) is 0 Å². The van der Waals surface area contributed by atoms with Crippen molar-refractivity contribution in [2.45, 2.75) is 119 Å². The van der Waals surface area contributed by atoms with Gasteiger partial charge in [-0.15, -0.1) is 0 Å². The molecule has 3 nitrogen and oxygen atoms in total. The molecule has 0 saturated heterocycles. The van der Waals surface area contributed by atoms with E-state index in [0.29, 0.717) is 11.5 Å². The Morgan fingerprint density at radius 1 is 0.575 bits per heavy atom. The smallest absolute Gasteiger partial charge is 0.119 e. The zero-order valence-electron chi connectivity index (χ0n) is 27.3. The van der Waals surface area contributed by atoms with Crippen LogP contribution in [0.5, 0.6) is 17.2 Å². The standard InChI is InChI=1S/C33H44O3.C4H10/c1-19-13-23(34)11-12-24(19)20(2)14-27(25-17-28(32(5,6)7)30(35)15-21(25)3)26-18-29(33(8,9)10)31(36)16-22(26)4;1-4(2)3/h11-13,15-18,20,27,34-36H,14H2,1-10H3;4H,1-3H3. The third-order valence-electron chi connectivity index (χ3n) is 7.51. The minimum atomic E-state index is -0.198. The molecule has 3 rings (SSSR count). The molecule has 0 aromatic heterocycles. The van der Waals surface area contributed by atoms with Crippen LogP contribution in [0.4, 0.5) is 0 Å². The summed E-state index contributed by atoms with van der Waals surface area (Å²) in [6.45, 7) is 27.7. The van der Waals surface area contributed by atoms with E-state index in [2.05, 4.69) is 95.2 Å². The summed E-state index contributed by atoms with van der Waals surface area (Å²) in [5, 5.41) is 31.6. The first kappa shape index (κ1) is 33.3. The predicted octanol–water partition coefficient (Wildman–Crippen LogP) is 10.3. The predicted molar refractivity (Wildman–Crippen MR) is 171 cm³/mol. The van der Waals surface area contributed by atoms with Gasteiger partial charge in [0.15, 0.2) is 0 Å². The molecule has 0 saturated carbocycles. The second-order valence-electron chi connectivity index (χ2n) is 14.4. The monoisotopic (exact) mass is 546 g/mol. The molecular weight excluding hydrogens is 492 g/mol. The van der Waals surface area contributed by atoms with Gasteiger partial charge in [-0.2, -0.15) is 0 Å². The first-order valence-corrected chi connectivity index (χ1v) is 14.7. The maximum Gasteiger partial charge on any atom is 0.119 e. The normalized spacial score (nSPS) is 12.9. The molecule has 3 N–H and O–H groups in total. The van der Waals surface area contributed by atoms with Crippen LogP contribution in [-0.4, -0.2) is 15.3 Å². The second kappa shape index (κ2) is 12.7. The second-order valence-corrected chi connectivity index (χ2v) is 14.4. The summed E-state index contributed by atoms with van der Waals surface area (Å²) in [6.07, 6.45) is 0.857. The summed E-state index contributed by atoms with van der Waals surface area (Å²) in [7, 11) is 0. The van der Waals surface area contributed by atoms with Gasteiger partial charge in [-0.05, 0) is 119 Å². The lowest BCUT2D eigenvalue weighted by atomic mass is 9.74. The number of rotatable bonds is 5. The van der Waals surface area contributed by atoms with Crippen molar-refractivity contribution in [3.8, 4) is 17.2 Å². The fourth-order valence-corrected chi connectivity index (χ4v) is 5.49. The highest BCUT2D eigenvalue weighted by atomic mass is 16.3. The Balaban J connectivity index is 0.00000131. The lowest BCUT2D eigenvalue weighted by molar-refractivity contribution is 0.444. The van der Waals surface area contributed by atoms with Crippen LogP contribution < -0.4 is 0 Å². The summed E-state index contributed by atoms with van der Waals surface area (Å²) >= 11 is 0. The van der Waals surface area contributed by atoms with Gasteiger partial charge in [0.05, 0.1) is 0 Å². The number of hydrogen-bond donors (Lipinski definition) is 3. The molecule has 3 aromatic carbocycles. The zero-order valence-corrected chi connectivity index (χ0v) is 27.3. The Bertz CT molecular complexity index is 1230. The van der Waals surface area contributed by atoms with Crippen LogP contribution in [0.3, 0.4) is 0 Å². The minimum absolute atomic E-state index is 0.0663. The maximum atomic E-state index is 10.8. The van der Waals surface area contributed by atoms with Gasteiger partial charge in [0.2, 0.25) is 0 Å². The van der Waals surface area contributed by atoms with Gasteiger partial charge in [0.25, 0.3) is 0 Å². The van der Waals surface area contributed by atoms with Gasteiger partial charge in [0, 0.05) is 5.92 Å². The van der Waals surface area contributed by atoms with Crippen molar-refractivity contribution in [3.05, 3.63) is 87.0 Å². The molecule has 1 atom stereocenters. The SMILES string of the molecule is CC(C)C.Cc1cc(O)ccc1C(C)CC(c1cc(C(C)(C)C)c(O)cc1C)c1cc(C(C)(C)C)c(O)cc1C. The lowest BCUT2D eigenvalue weighted by Crippen LogP contribution is -2.17. The first-order valence-electron chi connectivity index (χ1n) is 14.7. The van der Waals surface area contributed by atoms with Gasteiger partial charge in [-0.3, -0.25) is 0 Å². The number of aryl methyl sites for hydroxylation is 3. The number of hydrogen-bond acceptors (Lipinski definition) is 3. The van der Waals surface area contributed by atoms with Crippen LogP contribution in [0.2, 0.25) is 0 Å². The molecule has 0 amide bonds. The van der Waals surface area contributed by atoms with Gasteiger partial charge in [0.1, 0.15) is 17.2 Å². The van der Waals surface area contributed by atoms with E-state index in [1.165, 1.54) is 16.7 Å². The van der Waals surface area contributed by atoms with Gasteiger partial charge in [-0.1, -0.05) is 87.4 Å². The molecule has 3 heteroatoms. The molecule has 0 spiro atoms. The molecule has 3 aromatic rings. The molecule has 0 radical (unpaired) electrons. The fraction of sp³-hybridized carbons (Fsp3) is 0.514. The van der Waals surface area contributed by atoms with Crippen LogP contribution in [0.25, 0.3) is 0 Å². The number of phenolic OH excluding ortho intramolecular Hbond substituents is 3. The van der Waals surface area contributed by atoms with Gasteiger partial charge < -0.3 is 15.3 Å². The lowest BCUT2D eigenvalue weighted by Gasteiger charge is -2.30. The number of benzene rings is 3. The Labute approximate surface area is 244 Å². The van der Waals surface area contributed by atoms with Crippen molar-refractivity contribution in [3.63, 3.8) is 0 Å². The molecule has 0 fully saturated rings. The maximum absolute atomic E-state index is 10.8. The molecule has 1 unspecified atom stereocenters. The van der Waals surface area contributed by atoms with E-state index in [1.807, 2.05) is 31.2 Å². The Kier molecular flexibility index (Phi) is 10.6. The molecule has 220 valence electrons. The average molecular weight is 547 g/mol. The van der Waals surface area contributed by atoms with E-state index in [-0.39, 0.29) is 28.4 Å². The highest BCUT2D eigenvalue weighted by molar-refractivity contribution is 5.53. The quantitative estimate of drug-likeness (QED) is 0.298. The van der Waals surface area contributed by atoms with E-state index in [1.54, 1.807) is 6.07 Å². The van der Waals surface area contributed by atoms with Crippen LogP contribution >= 0.6 is 0 Å². The van der Waals surface area contributed by atoms with E-state index < -0.39 is 0 Å². The molecular formula is C37H54O3. The Hall–Kier alpha value is -2.94. The topological polar surface area (TPSA) is 60.7 Å². The summed E-state index contributed by atoms with van der Waals surface area (Å²) in [6, 6.07) is 13.8. The zero-order chi connectivity index (χ0) is 30.7. The molecule has 0 aliphatic rings. The third-order valence-corrected chi connectivity index (χ3v) is 7.51. The summed E-state index contributed by atoms with van der Waals surface area (Å²) in [4.78, 5) is 0. The molecule has 0 aliphatic heterocycles. The van der Waals surface area contributed by atoms with Crippen molar-refractivity contribution in [2.75, 3.05) is 0 Å². The van der Waals surface area contributed by atoms with E-state index in [9.17, 15) is 15.3 Å². The third kappa shape index (κ3) is 8.29. The highest BCUT2D eigenvalue weighted by Crippen LogP contribution is 2.44. The van der Waals surface area contributed by atoms with Crippen LogP contribution in [-0.2, 0) is 10.8 Å². The van der Waals surface area contributed by atoms with Crippen molar-refractivity contribution >= 4 is 0 Å². The fourth-order valence-electron chi connectivity index (χ4n) is 5.49. The number of phenols is 3. The number of aromatic hydroxyl groups is 3. The molecule has 0 bridgehead atoms. The Morgan fingerprint density at radius 2 is 0.950 bits per heavy atom. The van der Waals surface area contributed by atoms with Crippen LogP contribution in [0.15, 0.2) is 42.5 Å². The highest BCUT2D eigenvalue weighted by Gasteiger charge is 2.28. The van der Waals surface area contributed by atoms with E-state index in [0.717, 1.165) is 40.2 Å². The largest absolute Gasteiger partial charge is 0.508 e. The summed E-state index contributed by atoms with van der Waals surface area (Å²) in [5.74, 6) is 2.09. The van der Waals surface area contributed by atoms with Crippen molar-refractivity contribution in [1.29, 1.82) is 0 Å². The average Bonchev–Trinajstić information content (AvgIpc) is 2.76. The summed E-state index contributed by atoms with van der Waals surface area (Å²) in [5.41, 5.74) is 8.31. The van der Waals surface area contributed by atoms with Crippen molar-refractivity contribution in [1.82, 2.24) is 0 Å². The summed E-state index contributed by atoms with van der Waals surface area (Å²) < 4.78 is 0. The van der Waals surface area contributed by atoms with Gasteiger partial charge in [-0.25, -0.2) is 0 Å². The minimum Gasteiger partial charge on any atom is -0.508 e. The van der Waals surface area contributed by atoms with E-state index >= 15 is 0 Å².